The molecule has 1 unspecified atom stereocenters. The highest BCUT2D eigenvalue weighted by Gasteiger charge is 2.14. The molecular formula is C5H10F2O. The van der Waals surface area contributed by atoms with E-state index in [1.807, 2.05) is 0 Å². The fourth-order valence-corrected chi connectivity index (χ4v) is 0.422. The lowest BCUT2D eigenvalue weighted by Gasteiger charge is -2.05. The van der Waals surface area contributed by atoms with Gasteiger partial charge in [0.25, 0.3) is 6.43 Å². The van der Waals surface area contributed by atoms with Gasteiger partial charge in [-0.1, -0.05) is 13.3 Å². The molecule has 0 aliphatic rings. The molecule has 50 valence electrons. The number of aliphatic hydroxyl groups excluding tert-OH is 1. The summed E-state index contributed by atoms with van der Waals surface area (Å²) in [6.07, 6.45) is -3.20. The van der Waals surface area contributed by atoms with E-state index in [1.165, 1.54) is 0 Å². The first-order valence-corrected chi connectivity index (χ1v) is 2.64. The molecule has 0 heterocycles. The molecular weight excluding hydrogens is 114 g/mol. The second-order valence-corrected chi connectivity index (χ2v) is 1.69. The van der Waals surface area contributed by atoms with Gasteiger partial charge in [0.15, 0.2) is 0 Å². The fourth-order valence-electron chi connectivity index (χ4n) is 0.422. The van der Waals surface area contributed by atoms with E-state index >= 15 is 0 Å². The van der Waals surface area contributed by atoms with E-state index in [1.54, 1.807) is 6.92 Å². The van der Waals surface area contributed by atoms with Crippen LogP contribution < -0.4 is 0 Å². The van der Waals surface area contributed by atoms with E-state index in [4.69, 9.17) is 5.11 Å². The minimum Gasteiger partial charge on any atom is -0.387 e. The minimum atomic E-state index is -2.57. The van der Waals surface area contributed by atoms with Crippen molar-refractivity contribution in [3.63, 3.8) is 0 Å². The van der Waals surface area contributed by atoms with Crippen molar-refractivity contribution in [2.24, 2.45) is 0 Å². The van der Waals surface area contributed by atoms with Gasteiger partial charge in [0.1, 0.15) is 6.10 Å². The normalized spacial score (nSPS) is 14.6. The Labute approximate surface area is 47.3 Å². The Morgan fingerprint density at radius 2 is 2.00 bits per heavy atom. The second kappa shape index (κ2) is 3.78. The predicted molar refractivity (Wildman–Crippen MR) is 26.9 cm³/mol. The van der Waals surface area contributed by atoms with Gasteiger partial charge in [0.05, 0.1) is 0 Å². The quantitative estimate of drug-likeness (QED) is 0.603. The van der Waals surface area contributed by atoms with Crippen LogP contribution in [-0.4, -0.2) is 17.6 Å². The van der Waals surface area contributed by atoms with Gasteiger partial charge in [-0.05, 0) is 6.42 Å². The van der Waals surface area contributed by atoms with E-state index in [0.29, 0.717) is 6.42 Å². The molecule has 0 fully saturated rings. The molecule has 0 amide bonds. The summed E-state index contributed by atoms with van der Waals surface area (Å²) in [7, 11) is 0. The molecule has 1 nitrogen and oxygen atoms in total. The van der Waals surface area contributed by atoms with E-state index < -0.39 is 12.5 Å². The van der Waals surface area contributed by atoms with Crippen LogP contribution in [0.15, 0.2) is 0 Å². The third-order valence-electron chi connectivity index (χ3n) is 0.875. The van der Waals surface area contributed by atoms with Crippen molar-refractivity contribution in [1.82, 2.24) is 0 Å². The molecule has 0 saturated carbocycles. The van der Waals surface area contributed by atoms with Gasteiger partial charge in [0.2, 0.25) is 0 Å². The Bertz CT molecular complexity index is 56.4. The topological polar surface area (TPSA) is 20.2 Å². The van der Waals surface area contributed by atoms with E-state index in [-0.39, 0.29) is 6.42 Å². The van der Waals surface area contributed by atoms with Crippen molar-refractivity contribution in [3.05, 3.63) is 0 Å². The molecule has 0 aliphatic heterocycles. The average molecular weight is 124 g/mol. The molecule has 0 radical (unpaired) electrons. The minimum absolute atomic E-state index is 0.192. The summed E-state index contributed by atoms with van der Waals surface area (Å²) in [6.45, 7) is 1.76. The Morgan fingerprint density at radius 3 is 2.12 bits per heavy atom. The molecule has 0 bridgehead atoms. The van der Waals surface area contributed by atoms with Gasteiger partial charge >= 0.3 is 0 Å². The highest BCUT2D eigenvalue weighted by Crippen LogP contribution is 2.05. The number of halogens is 2. The van der Waals surface area contributed by atoms with Crippen LogP contribution in [-0.2, 0) is 0 Å². The van der Waals surface area contributed by atoms with Crippen LogP contribution in [0.5, 0.6) is 0 Å². The summed E-state index contributed by atoms with van der Waals surface area (Å²) >= 11 is 0. The van der Waals surface area contributed by atoms with Crippen molar-refractivity contribution in [2.75, 3.05) is 0 Å². The first-order valence-electron chi connectivity index (χ1n) is 2.64. The van der Waals surface area contributed by atoms with Crippen molar-refractivity contribution < 1.29 is 13.9 Å². The Hall–Kier alpha value is -0.180. The van der Waals surface area contributed by atoms with Gasteiger partial charge in [-0.25, -0.2) is 8.78 Å². The van der Waals surface area contributed by atoms with Crippen LogP contribution in [0.1, 0.15) is 19.8 Å². The number of aliphatic hydroxyl groups is 1. The smallest absolute Gasteiger partial charge is 0.264 e. The third-order valence-corrected chi connectivity index (χ3v) is 0.875. The molecule has 1 atom stereocenters. The van der Waals surface area contributed by atoms with Crippen LogP contribution in [0.4, 0.5) is 8.78 Å². The van der Waals surface area contributed by atoms with Crippen molar-refractivity contribution in [3.8, 4) is 0 Å². The van der Waals surface area contributed by atoms with E-state index in [2.05, 4.69) is 0 Å². The summed E-state index contributed by atoms with van der Waals surface area (Å²) in [5.74, 6) is 0. The first-order chi connectivity index (χ1) is 3.68. The summed E-state index contributed by atoms with van der Waals surface area (Å²) in [5, 5.41) is 8.38. The summed E-state index contributed by atoms with van der Waals surface area (Å²) in [5.41, 5.74) is 0. The molecule has 0 rings (SSSR count). The molecule has 0 aliphatic carbocycles. The van der Waals surface area contributed by atoms with Gasteiger partial charge in [0, 0.05) is 0 Å². The standard InChI is InChI=1S/C5H10F2O/c1-2-3-4(8)5(6)7/h4-5,8H,2-3H2,1H3. The Kier molecular flexibility index (Phi) is 3.69. The van der Waals surface area contributed by atoms with Gasteiger partial charge in [-0.2, -0.15) is 0 Å². The Morgan fingerprint density at radius 1 is 1.50 bits per heavy atom. The van der Waals surface area contributed by atoms with E-state index in [9.17, 15) is 8.78 Å². The zero-order valence-electron chi connectivity index (χ0n) is 4.77. The molecule has 0 spiro atoms. The first kappa shape index (κ1) is 7.82. The highest BCUT2D eigenvalue weighted by molar-refractivity contribution is 4.54. The van der Waals surface area contributed by atoms with Gasteiger partial charge in [-0.3, -0.25) is 0 Å². The molecule has 0 aromatic heterocycles. The van der Waals surface area contributed by atoms with Crippen LogP contribution in [0.2, 0.25) is 0 Å². The third kappa shape index (κ3) is 2.91. The molecule has 0 aromatic rings. The number of rotatable bonds is 3. The van der Waals surface area contributed by atoms with E-state index in [0.717, 1.165) is 0 Å². The van der Waals surface area contributed by atoms with Crippen molar-refractivity contribution in [2.45, 2.75) is 32.3 Å². The van der Waals surface area contributed by atoms with Crippen LogP contribution in [0.25, 0.3) is 0 Å². The fraction of sp³-hybridized carbons (Fsp3) is 1.00. The highest BCUT2D eigenvalue weighted by atomic mass is 19.3. The summed E-state index contributed by atoms with van der Waals surface area (Å²) in [6, 6.07) is 0. The zero-order valence-corrected chi connectivity index (χ0v) is 4.77. The molecule has 0 saturated heterocycles. The van der Waals surface area contributed by atoms with Gasteiger partial charge in [-0.15, -0.1) is 0 Å². The number of alkyl halides is 2. The lowest BCUT2D eigenvalue weighted by atomic mass is 10.2. The van der Waals surface area contributed by atoms with Crippen LogP contribution in [0.3, 0.4) is 0 Å². The summed E-state index contributed by atoms with van der Waals surface area (Å²) < 4.78 is 22.7. The molecule has 1 N–H and O–H groups in total. The Balaban J connectivity index is 3.17. The SMILES string of the molecule is CCCC(O)C(F)F. The van der Waals surface area contributed by atoms with Gasteiger partial charge < -0.3 is 5.11 Å². The lowest BCUT2D eigenvalue weighted by molar-refractivity contribution is -0.00904. The maximum atomic E-state index is 11.4. The second-order valence-electron chi connectivity index (χ2n) is 1.69. The predicted octanol–water partition coefficient (Wildman–Crippen LogP) is 1.41. The average Bonchev–Trinajstić information content (AvgIpc) is 1.67. The zero-order chi connectivity index (χ0) is 6.57. The molecule has 3 heteroatoms. The summed E-state index contributed by atoms with van der Waals surface area (Å²) in [4.78, 5) is 0. The van der Waals surface area contributed by atoms with Crippen LogP contribution >= 0.6 is 0 Å². The molecule has 0 aromatic carbocycles. The monoisotopic (exact) mass is 124 g/mol. The van der Waals surface area contributed by atoms with Crippen molar-refractivity contribution in [1.29, 1.82) is 0 Å². The number of hydrogen-bond acceptors (Lipinski definition) is 1. The molecule has 8 heavy (non-hydrogen) atoms. The maximum Gasteiger partial charge on any atom is 0.264 e. The van der Waals surface area contributed by atoms with Crippen molar-refractivity contribution >= 4 is 0 Å². The lowest BCUT2D eigenvalue weighted by Crippen LogP contribution is -2.16. The van der Waals surface area contributed by atoms with Crippen LogP contribution in [0, 0.1) is 0 Å². The number of hydrogen-bond donors (Lipinski definition) is 1. The largest absolute Gasteiger partial charge is 0.387 e. The maximum absolute atomic E-state index is 11.4.